The van der Waals surface area contributed by atoms with Crippen LogP contribution >= 0.6 is 22.6 Å². The molecule has 0 saturated carbocycles. The zero-order chi connectivity index (χ0) is 13.2. The van der Waals surface area contributed by atoms with Crippen molar-refractivity contribution in [3.05, 3.63) is 26.8 Å². The number of aryl methyl sites for hydroxylation is 2. The fraction of sp³-hybridized carbons (Fsp3) is 0.385. The second kappa shape index (κ2) is 5.89. The third-order valence-electron chi connectivity index (χ3n) is 2.55. The molecule has 1 aromatic carbocycles. The zero-order valence-electron chi connectivity index (χ0n) is 10.5. The normalized spacial score (nSPS) is 13.6. The van der Waals surface area contributed by atoms with E-state index in [0.717, 1.165) is 22.3 Å². The predicted octanol–water partition coefficient (Wildman–Crippen LogP) is 3.59. The molecule has 4 heteroatoms. The van der Waals surface area contributed by atoms with Crippen molar-refractivity contribution < 1.29 is 9.13 Å². The summed E-state index contributed by atoms with van der Waals surface area (Å²) in [6, 6.07) is 1.91. The zero-order valence-corrected chi connectivity index (χ0v) is 12.6. The summed E-state index contributed by atoms with van der Waals surface area (Å²) < 4.78 is 20.2. The molecule has 0 aliphatic heterocycles. The minimum Gasteiger partial charge on any atom is -0.460 e. The van der Waals surface area contributed by atoms with Crippen LogP contribution in [0.15, 0.2) is 10.1 Å². The van der Waals surface area contributed by atoms with Crippen molar-refractivity contribution in [3.8, 4) is 5.75 Å². The van der Waals surface area contributed by atoms with Crippen LogP contribution in [0.3, 0.4) is 0 Å². The van der Waals surface area contributed by atoms with Crippen molar-refractivity contribution in [2.75, 3.05) is 0 Å². The first-order valence-electron chi connectivity index (χ1n) is 5.36. The number of allylic oxidation sites excluding steroid dienone is 1. The van der Waals surface area contributed by atoms with E-state index in [4.69, 9.17) is 12.6 Å². The molecule has 0 amide bonds. The highest BCUT2D eigenvalue weighted by atomic mass is 127. The summed E-state index contributed by atoms with van der Waals surface area (Å²) in [5, 5.41) is 0. The van der Waals surface area contributed by atoms with Gasteiger partial charge in [0.05, 0.1) is 0 Å². The Labute approximate surface area is 117 Å². The molecule has 1 nitrogen and oxygen atoms in total. The average Bonchev–Trinajstić information content (AvgIpc) is 2.25. The number of hydrogen-bond donors (Lipinski definition) is 0. The van der Waals surface area contributed by atoms with Gasteiger partial charge in [-0.15, -0.1) is 0 Å². The molecule has 0 aromatic heterocycles. The maximum atomic E-state index is 13.1. The molecule has 0 saturated heterocycles. The summed E-state index contributed by atoms with van der Waals surface area (Å²) in [6.07, 6.45) is -1.35. The van der Waals surface area contributed by atoms with Gasteiger partial charge in [0.15, 0.2) is 0 Å². The molecule has 0 fully saturated rings. The largest absolute Gasteiger partial charge is 0.460 e. The Morgan fingerprint density at radius 1 is 1.47 bits per heavy atom. The summed E-state index contributed by atoms with van der Waals surface area (Å²) in [6.45, 7) is 7.14. The Morgan fingerprint density at radius 3 is 2.53 bits per heavy atom. The van der Waals surface area contributed by atoms with Crippen molar-refractivity contribution in [2.24, 2.45) is 0 Å². The Hall–Kier alpha value is -0.515. The highest BCUT2D eigenvalue weighted by molar-refractivity contribution is 14.1. The van der Waals surface area contributed by atoms with Gasteiger partial charge in [-0.2, -0.15) is 0 Å². The van der Waals surface area contributed by atoms with E-state index in [-0.39, 0.29) is 0 Å². The van der Waals surface area contributed by atoms with Crippen molar-refractivity contribution in [2.45, 2.75) is 34.1 Å². The fourth-order valence-corrected chi connectivity index (χ4v) is 2.06. The lowest BCUT2D eigenvalue weighted by molar-refractivity contribution is 0.0850. The van der Waals surface area contributed by atoms with Crippen LogP contribution in [-0.4, -0.2) is 14.2 Å². The van der Waals surface area contributed by atoms with Crippen molar-refractivity contribution in [1.82, 2.24) is 0 Å². The number of halogens is 2. The Bertz CT molecular complexity index is 455. The smallest absolute Gasteiger partial charge is 0.235 e. The lowest BCUT2D eigenvalue weighted by atomic mass is 9.82. The summed E-state index contributed by atoms with van der Waals surface area (Å²) in [5.41, 5.74) is 4.30. The van der Waals surface area contributed by atoms with Crippen LogP contribution in [0.4, 0.5) is 4.39 Å². The second-order valence-electron chi connectivity index (χ2n) is 4.08. The molecule has 0 spiro atoms. The standard InChI is InChI=1S/C13H15BFIO/c1-7-5-8(2)13(17-10(4)15)11(12(7)14)9(3)6-16/h5-6,10H,1-4H3/b9-6-. The quantitative estimate of drug-likeness (QED) is 0.602. The summed E-state index contributed by atoms with van der Waals surface area (Å²) in [7, 11) is 6.06. The molecule has 0 bridgehead atoms. The molecule has 2 radical (unpaired) electrons. The number of alkyl halides is 1. The minimum atomic E-state index is -1.35. The number of rotatable bonds is 3. The molecule has 90 valence electrons. The number of ether oxygens (including phenoxy) is 1. The van der Waals surface area contributed by atoms with Crippen molar-refractivity contribution >= 4 is 41.5 Å². The first-order valence-corrected chi connectivity index (χ1v) is 6.60. The van der Waals surface area contributed by atoms with Crippen molar-refractivity contribution in [3.63, 3.8) is 0 Å². The van der Waals surface area contributed by atoms with Crippen LogP contribution < -0.4 is 10.2 Å². The van der Waals surface area contributed by atoms with Crippen LogP contribution in [0.25, 0.3) is 5.57 Å². The maximum absolute atomic E-state index is 13.1. The summed E-state index contributed by atoms with van der Waals surface area (Å²) >= 11 is 2.14. The molecule has 1 atom stereocenters. The highest BCUT2D eigenvalue weighted by Crippen LogP contribution is 2.30. The topological polar surface area (TPSA) is 9.23 Å². The molecular weight excluding hydrogens is 329 g/mol. The Morgan fingerprint density at radius 2 is 2.06 bits per heavy atom. The van der Waals surface area contributed by atoms with E-state index < -0.39 is 6.36 Å². The van der Waals surface area contributed by atoms with Gasteiger partial charge in [0.2, 0.25) is 6.36 Å². The van der Waals surface area contributed by atoms with Gasteiger partial charge in [-0.25, -0.2) is 4.39 Å². The maximum Gasteiger partial charge on any atom is 0.235 e. The molecule has 0 aliphatic rings. The molecule has 0 N–H and O–H groups in total. The predicted molar refractivity (Wildman–Crippen MR) is 80.2 cm³/mol. The molecular formula is C13H15BFIO. The van der Waals surface area contributed by atoms with Gasteiger partial charge in [0, 0.05) is 12.5 Å². The van der Waals surface area contributed by atoms with Crippen LogP contribution in [0.5, 0.6) is 5.75 Å². The molecule has 0 heterocycles. The van der Waals surface area contributed by atoms with E-state index in [1.807, 2.05) is 30.9 Å². The first kappa shape index (κ1) is 14.5. The average molecular weight is 344 g/mol. The minimum absolute atomic E-state index is 0.536. The van der Waals surface area contributed by atoms with E-state index in [1.165, 1.54) is 6.92 Å². The van der Waals surface area contributed by atoms with E-state index >= 15 is 0 Å². The van der Waals surface area contributed by atoms with Crippen LogP contribution in [-0.2, 0) is 0 Å². The number of hydrogen-bond acceptors (Lipinski definition) is 1. The van der Waals surface area contributed by atoms with Gasteiger partial charge < -0.3 is 4.74 Å². The van der Waals surface area contributed by atoms with Gasteiger partial charge in [0.1, 0.15) is 13.6 Å². The van der Waals surface area contributed by atoms with Crippen LogP contribution in [0.1, 0.15) is 30.5 Å². The monoisotopic (exact) mass is 344 g/mol. The fourth-order valence-electron chi connectivity index (χ4n) is 1.75. The Kier molecular flexibility index (Phi) is 5.04. The second-order valence-corrected chi connectivity index (χ2v) is 4.70. The van der Waals surface area contributed by atoms with Crippen molar-refractivity contribution in [1.29, 1.82) is 0 Å². The van der Waals surface area contributed by atoms with E-state index in [2.05, 4.69) is 22.6 Å². The third-order valence-corrected chi connectivity index (χ3v) is 3.48. The molecule has 1 rings (SSSR count). The molecule has 1 unspecified atom stereocenters. The summed E-state index contributed by atoms with van der Waals surface area (Å²) in [5.74, 6) is 0.536. The first-order chi connectivity index (χ1) is 7.88. The van der Waals surface area contributed by atoms with Crippen LogP contribution in [0.2, 0.25) is 0 Å². The molecule has 0 aliphatic carbocycles. The van der Waals surface area contributed by atoms with E-state index in [0.29, 0.717) is 11.2 Å². The highest BCUT2D eigenvalue weighted by Gasteiger charge is 2.15. The molecule has 17 heavy (non-hydrogen) atoms. The number of benzene rings is 1. The lowest BCUT2D eigenvalue weighted by Crippen LogP contribution is -2.18. The van der Waals surface area contributed by atoms with Gasteiger partial charge in [-0.05, 0) is 36.0 Å². The van der Waals surface area contributed by atoms with E-state index in [1.54, 1.807) is 0 Å². The van der Waals surface area contributed by atoms with Crippen LogP contribution in [0, 0.1) is 13.8 Å². The molecule has 1 aromatic rings. The van der Waals surface area contributed by atoms with E-state index in [9.17, 15) is 4.39 Å². The van der Waals surface area contributed by atoms with Gasteiger partial charge in [-0.3, -0.25) is 0 Å². The Balaban J connectivity index is 3.50. The van der Waals surface area contributed by atoms with Gasteiger partial charge in [-0.1, -0.05) is 39.7 Å². The SMILES string of the molecule is [B]c1c(C)cc(C)c(OC(C)F)c1/C(C)=C\I. The lowest BCUT2D eigenvalue weighted by Gasteiger charge is -2.19. The van der Waals surface area contributed by atoms with Gasteiger partial charge in [0.25, 0.3) is 0 Å². The third kappa shape index (κ3) is 3.24. The summed E-state index contributed by atoms with van der Waals surface area (Å²) in [4.78, 5) is 0. The van der Waals surface area contributed by atoms with Gasteiger partial charge >= 0.3 is 0 Å².